The number of methoxy groups -OCH3 is 1. The van der Waals surface area contributed by atoms with Crippen molar-refractivity contribution in [2.45, 2.75) is 6.92 Å². The summed E-state index contributed by atoms with van der Waals surface area (Å²) >= 11 is 0. The average Bonchev–Trinajstić information content (AvgIpc) is 2.68. The summed E-state index contributed by atoms with van der Waals surface area (Å²) in [7, 11) is 1.66. The molecule has 0 aromatic heterocycles. The normalized spacial score (nSPS) is 10.2. The second-order valence-electron chi connectivity index (χ2n) is 5.91. The third-order valence-electron chi connectivity index (χ3n) is 4.20. The third kappa shape index (κ3) is 3.83. The Labute approximate surface area is 153 Å². The number of ether oxygens (including phenoxy) is 2. The minimum absolute atomic E-state index is 0.460. The molecule has 0 saturated heterocycles. The molecule has 0 radical (unpaired) electrons. The van der Waals surface area contributed by atoms with Crippen molar-refractivity contribution in [1.82, 2.24) is 0 Å². The van der Waals surface area contributed by atoms with E-state index < -0.39 is 5.97 Å². The molecule has 0 bridgehead atoms. The highest BCUT2D eigenvalue weighted by molar-refractivity contribution is 5.83. The number of aryl methyl sites for hydroxylation is 1. The summed E-state index contributed by atoms with van der Waals surface area (Å²) < 4.78 is 10.3. The van der Waals surface area contributed by atoms with Crippen LogP contribution in [0.3, 0.4) is 0 Å². The van der Waals surface area contributed by atoms with Gasteiger partial charge in [0, 0.05) is 6.08 Å². The zero-order valence-electron chi connectivity index (χ0n) is 14.9. The fourth-order valence-electron chi connectivity index (χ4n) is 2.81. The van der Waals surface area contributed by atoms with Crippen LogP contribution in [0.4, 0.5) is 0 Å². The van der Waals surface area contributed by atoms with Crippen molar-refractivity contribution in [2.24, 2.45) is 0 Å². The van der Waals surface area contributed by atoms with E-state index in [1.807, 2.05) is 24.3 Å². The molecule has 0 unspecified atom stereocenters. The molecule has 3 aromatic rings. The maximum atomic E-state index is 11.3. The van der Waals surface area contributed by atoms with Crippen LogP contribution in [0.2, 0.25) is 0 Å². The van der Waals surface area contributed by atoms with Crippen LogP contribution in [0.15, 0.2) is 79.4 Å². The molecule has 0 saturated carbocycles. The molecule has 3 nitrogen and oxygen atoms in total. The molecule has 3 heteroatoms. The predicted octanol–water partition coefficient (Wildman–Crippen LogP) is 5.43. The maximum Gasteiger partial charge on any atom is 0.335 e. The summed E-state index contributed by atoms with van der Waals surface area (Å²) in [6.07, 6.45) is 1.15. The van der Waals surface area contributed by atoms with Crippen LogP contribution in [0.1, 0.15) is 5.56 Å². The predicted molar refractivity (Wildman–Crippen MR) is 104 cm³/mol. The first kappa shape index (κ1) is 17.5. The summed E-state index contributed by atoms with van der Waals surface area (Å²) in [6.45, 7) is 5.49. The van der Waals surface area contributed by atoms with Gasteiger partial charge in [0.1, 0.15) is 11.5 Å². The number of benzene rings is 3. The molecule has 0 spiro atoms. The zero-order valence-corrected chi connectivity index (χ0v) is 14.9. The maximum absolute atomic E-state index is 11.3. The zero-order chi connectivity index (χ0) is 18.5. The highest BCUT2D eigenvalue weighted by Gasteiger charge is 2.06. The topological polar surface area (TPSA) is 35.5 Å². The van der Waals surface area contributed by atoms with Gasteiger partial charge in [0.25, 0.3) is 0 Å². The van der Waals surface area contributed by atoms with Gasteiger partial charge in [0.05, 0.1) is 7.11 Å². The molecule has 3 aromatic carbocycles. The van der Waals surface area contributed by atoms with Gasteiger partial charge >= 0.3 is 5.97 Å². The Morgan fingerprint density at radius 1 is 0.846 bits per heavy atom. The van der Waals surface area contributed by atoms with Crippen LogP contribution in [0.25, 0.3) is 22.3 Å². The molecular weight excluding hydrogens is 324 g/mol. The molecule has 0 amide bonds. The minimum Gasteiger partial charge on any atom is -0.497 e. The van der Waals surface area contributed by atoms with E-state index in [4.69, 9.17) is 9.47 Å². The van der Waals surface area contributed by atoms with Crippen molar-refractivity contribution < 1.29 is 14.3 Å². The Hall–Kier alpha value is -3.33. The van der Waals surface area contributed by atoms with E-state index in [9.17, 15) is 4.79 Å². The quantitative estimate of drug-likeness (QED) is 0.352. The van der Waals surface area contributed by atoms with Crippen LogP contribution >= 0.6 is 0 Å². The van der Waals surface area contributed by atoms with Crippen LogP contribution in [0.5, 0.6) is 11.5 Å². The number of esters is 1. The number of hydrogen-bond donors (Lipinski definition) is 0. The lowest BCUT2D eigenvalue weighted by Gasteiger charge is -2.10. The molecule has 0 heterocycles. The molecular formula is C23H20O3. The molecule has 3 rings (SSSR count). The van der Waals surface area contributed by atoms with Gasteiger partial charge in [0.15, 0.2) is 0 Å². The first-order chi connectivity index (χ1) is 12.6. The van der Waals surface area contributed by atoms with E-state index in [1.54, 1.807) is 19.2 Å². The summed E-state index contributed by atoms with van der Waals surface area (Å²) in [4.78, 5) is 11.3. The highest BCUT2D eigenvalue weighted by atomic mass is 16.5. The summed E-state index contributed by atoms with van der Waals surface area (Å²) in [5.41, 5.74) is 5.69. The van der Waals surface area contributed by atoms with E-state index >= 15 is 0 Å². The van der Waals surface area contributed by atoms with Gasteiger partial charge in [0.2, 0.25) is 0 Å². The lowest BCUT2D eigenvalue weighted by atomic mass is 9.96. The van der Waals surface area contributed by atoms with Gasteiger partial charge in [-0.05, 0) is 59.0 Å². The van der Waals surface area contributed by atoms with Gasteiger partial charge in [-0.25, -0.2) is 4.79 Å². The highest BCUT2D eigenvalue weighted by Crippen LogP contribution is 2.30. The van der Waals surface area contributed by atoms with E-state index in [-0.39, 0.29) is 0 Å². The third-order valence-corrected chi connectivity index (χ3v) is 4.20. The average molecular weight is 344 g/mol. The Morgan fingerprint density at radius 3 is 2.00 bits per heavy atom. The Bertz CT molecular complexity index is 923. The van der Waals surface area contributed by atoms with E-state index in [0.29, 0.717) is 5.75 Å². The van der Waals surface area contributed by atoms with Gasteiger partial charge in [-0.3, -0.25) is 0 Å². The second kappa shape index (κ2) is 7.70. The molecule has 0 aliphatic carbocycles. The summed E-state index contributed by atoms with van der Waals surface area (Å²) in [5.74, 6) is 0.892. The van der Waals surface area contributed by atoms with Crippen molar-refractivity contribution >= 4 is 5.97 Å². The first-order valence-electron chi connectivity index (χ1n) is 8.30. The van der Waals surface area contributed by atoms with E-state index in [1.165, 1.54) is 5.56 Å². The van der Waals surface area contributed by atoms with Crippen molar-refractivity contribution in [3.05, 3.63) is 84.9 Å². The van der Waals surface area contributed by atoms with Crippen molar-refractivity contribution in [3.63, 3.8) is 0 Å². The van der Waals surface area contributed by atoms with E-state index in [2.05, 4.69) is 43.8 Å². The first-order valence-corrected chi connectivity index (χ1v) is 8.30. The standard InChI is InChI=1S/C23H20O3/c1-4-23(24)26-21-12-7-18(8-13-21)22-14-9-19(15-16(22)2)17-5-10-20(25-3)11-6-17/h4-15H,1H2,2-3H3. The number of carbonyl (C=O) groups is 1. The molecule has 0 aliphatic heterocycles. The Kier molecular flexibility index (Phi) is 5.18. The van der Waals surface area contributed by atoms with E-state index in [0.717, 1.165) is 34.1 Å². The van der Waals surface area contributed by atoms with Crippen LogP contribution < -0.4 is 9.47 Å². The lowest BCUT2D eigenvalue weighted by Crippen LogP contribution is -2.02. The summed E-state index contributed by atoms with van der Waals surface area (Å²) in [6, 6.07) is 21.9. The molecule has 26 heavy (non-hydrogen) atoms. The number of hydrogen-bond acceptors (Lipinski definition) is 3. The van der Waals surface area contributed by atoms with Crippen molar-refractivity contribution in [2.75, 3.05) is 7.11 Å². The largest absolute Gasteiger partial charge is 0.497 e. The molecule has 0 atom stereocenters. The smallest absolute Gasteiger partial charge is 0.335 e. The molecule has 0 fully saturated rings. The Morgan fingerprint density at radius 2 is 1.42 bits per heavy atom. The van der Waals surface area contributed by atoms with Crippen molar-refractivity contribution in [1.29, 1.82) is 0 Å². The Balaban J connectivity index is 1.85. The van der Waals surface area contributed by atoms with Gasteiger partial charge in [-0.15, -0.1) is 0 Å². The lowest BCUT2D eigenvalue weighted by molar-refractivity contribution is -0.128. The van der Waals surface area contributed by atoms with Crippen LogP contribution in [-0.2, 0) is 4.79 Å². The minimum atomic E-state index is -0.460. The second-order valence-corrected chi connectivity index (χ2v) is 5.91. The fraction of sp³-hybridized carbons (Fsp3) is 0.0870. The number of carbonyl (C=O) groups excluding carboxylic acids is 1. The molecule has 0 aliphatic rings. The fourth-order valence-corrected chi connectivity index (χ4v) is 2.81. The van der Waals surface area contributed by atoms with Crippen LogP contribution in [-0.4, -0.2) is 13.1 Å². The SMILES string of the molecule is C=CC(=O)Oc1ccc(-c2ccc(-c3ccc(OC)cc3)cc2C)cc1. The van der Waals surface area contributed by atoms with Crippen LogP contribution in [0, 0.1) is 6.92 Å². The van der Waals surface area contributed by atoms with Gasteiger partial charge < -0.3 is 9.47 Å². The monoisotopic (exact) mass is 344 g/mol. The van der Waals surface area contributed by atoms with Gasteiger partial charge in [-0.1, -0.05) is 49.0 Å². The van der Waals surface area contributed by atoms with Crippen molar-refractivity contribution in [3.8, 4) is 33.8 Å². The number of rotatable bonds is 5. The summed E-state index contributed by atoms with van der Waals surface area (Å²) in [5, 5.41) is 0. The molecule has 0 N–H and O–H groups in total. The molecule has 130 valence electrons. The van der Waals surface area contributed by atoms with Gasteiger partial charge in [-0.2, -0.15) is 0 Å².